The Morgan fingerprint density at radius 1 is 1.07 bits per heavy atom. The van der Waals surface area contributed by atoms with Crippen LogP contribution in [0.15, 0.2) is 0 Å². The number of piperidine rings is 2. The van der Waals surface area contributed by atoms with Crippen molar-refractivity contribution in [3.05, 3.63) is 0 Å². The smallest absolute Gasteiger partial charge is 0.409 e. The summed E-state index contributed by atoms with van der Waals surface area (Å²) >= 11 is 0. The highest BCUT2D eigenvalue weighted by Crippen LogP contribution is 2.38. The summed E-state index contributed by atoms with van der Waals surface area (Å²) in [5.74, 6) is 0. The molecule has 0 radical (unpaired) electrons. The number of rotatable bonds is 5. The first-order valence-electron chi connectivity index (χ1n) is 12.3. The molecule has 4 aliphatic rings. The minimum atomic E-state index is -0.164. The van der Waals surface area contributed by atoms with Gasteiger partial charge in [-0.3, -0.25) is 4.90 Å². The van der Waals surface area contributed by atoms with Gasteiger partial charge >= 0.3 is 12.1 Å². The first-order chi connectivity index (χ1) is 14.6. The van der Waals surface area contributed by atoms with E-state index in [4.69, 9.17) is 4.74 Å². The largest absolute Gasteiger partial charge is 0.450 e. The third-order valence-electron chi connectivity index (χ3n) is 8.09. The number of carbonyl (C=O) groups is 2. The Labute approximate surface area is 181 Å². The maximum absolute atomic E-state index is 12.7. The molecule has 1 N–H and O–H groups in total. The lowest BCUT2D eigenvalue weighted by molar-refractivity contribution is -0.0140. The summed E-state index contributed by atoms with van der Waals surface area (Å²) in [7, 11) is 0. The molecule has 0 bridgehead atoms. The Morgan fingerprint density at radius 3 is 2.43 bits per heavy atom. The first-order valence-corrected chi connectivity index (χ1v) is 12.3. The summed E-state index contributed by atoms with van der Waals surface area (Å²) in [5, 5.41) is 3.26. The van der Waals surface area contributed by atoms with Crippen LogP contribution in [0.25, 0.3) is 0 Å². The summed E-state index contributed by atoms with van der Waals surface area (Å²) < 4.78 is 5.21. The van der Waals surface area contributed by atoms with E-state index in [1.165, 1.54) is 19.3 Å². The third-order valence-corrected chi connectivity index (χ3v) is 8.09. The number of nitrogens with zero attached hydrogens (tertiary/aromatic N) is 3. The summed E-state index contributed by atoms with van der Waals surface area (Å²) in [4.78, 5) is 31.6. The molecule has 0 aromatic carbocycles. The predicted octanol–water partition coefficient (Wildman–Crippen LogP) is 3.58. The fourth-order valence-corrected chi connectivity index (χ4v) is 6.56. The van der Waals surface area contributed by atoms with Crippen molar-refractivity contribution in [1.29, 1.82) is 0 Å². The third kappa shape index (κ3) is 4.14. The fraction of sp³-hybridized carbons (Fsp3) is 0.913. The van der Waals surface area contributed by atoms with Crippen LogP contribution in [-0.4, -0.2) is 83.3 Å². The van der Waals surface area contributed by atoms with E-state index < -0.39 is 0 Å². The van der Waals surface area contributed by atoms with Gasteiger partial charge in [0.25, 0.3) is 0 Å². The SMILES string of the molecule is CCCC1(N2CCC(N3C(=O)N[C@H]4CCCC[C@@H]43)CC2)CCN(C(=O)OCC)CC1. The number of urea groups is 1. The van der Waals surface area contributed by atoms with Gasteiger partial charge in [-0.15, -0.1) is 0 Å². The Morgan fingerprint density at radius 2 is 1.77 bits per heavy atom. The van der Waals surface area contributed by atoms with Crippen LogP contribution in [0.5, 0.6) is 0 Å². The molecule has 3 amide bonds. The van der Waals surface area contributed by atoms with Crippen molar-refractivity contribution in [1.82, 2.24) is 20.0 Å². The van der Waals surface area contributed by atoms with Crippen molar-refractivity contribution in [3.8, 4) is 0 Å². The molecule has 0 spiro atoms. The maximum Gasteiger partial charge on any atom is 0.409 e. The highest BCUT2D eigenvalue weighted by Gasteiger charge is 2.46. The van der Waals surface area contributed by atoms with Crippen LogP contribution in [0.3, 0.4) is 0 Å². The van der Waals surface area contributed by atoms with E-state index in [0.717, 1.165) is 71.1 Å². The molecule has 4 fully saturated rings. The average molecular weight is 421 g/mol. The summed E-state index contributed by atoms with van der Waals surface area (Å²) in [6.45, 7) is 8.27. The topological polar surface area (TPSA) is 65.1 Å². The second kappa shape index (κ2) is 9.33. The highest BCUT2D eigenvalue weighted by molar-refractivity contribution is 5.78. The van der Waals surface area contributed by atoms with Gasteiger partial charge in [0.2, 0.25) is 0 Å². The molecule has 3 saturated heterocycles. The Kier molecular flexibility index (Phi) is 6.75. The van der Waals surface area contributed by atoms with Crippen LogP contribution in [0, 0.1) is 0 Å². The summed E-state index contributed by atoms with van der Waals surface area (Å²) in [6, 6.07) is 1.35. The molecule has 0 unspecified atom stereocenters. The Bertz CT molecular complexity index is 612. The van der Waals surface area contributed by atoms with E-state index in [1.54, 1.807) is 0 Å². The number of ether oxygens (including phenoxy) is 1. The van der Waals surface area contributed by atoms with E-state index in [9.17, 15) is 9.59 Å². The van der Waals surface area contributed by atoms with E-state index >= 15 is 0 Å². The molecule has 0 aromatic heterocycles. The number of hydrogen-bond donors (Lipinski definition) is 1. The lowest BCUT2D eigenvalue weighted by atomic mass is 9.80. The van der Waals surface area contributed by atoms with E-state index in [0.29, 0.717) is 24.7 Å². The number of likely N-dealkylation sites (tertiary alicyclic amines) is 2. The van der Waals surface area contributed by atoms with Gasteiger partial charge in [-0.25, -0.2) is 9.59 Å². The van der Waals surface area contributed by atoms with Crippen LogP contribution in [0.4, 0.5) is 9.59 Å². The number of nitrogens with one attached hydrogen (secondary N) is 1. The number of hydrogen-bond acceptors (Lipinski definition) is 4. The minimum absolute atomic E-state index is 0.164. The van der Waals surface area contributed by atoms with Gasteiger partial charge < -0.3 is 19.9 Å². The van der Waals surface area contributed by atoms with Gasteiger partial charge in [0, 0.05) is 37.8 Å². The normalized spacial score (nSPS) is 30.1. The molecule has 1 aliphatic carbocycles. The van der Waals surface area contributed by atoms with Gasteiger partial charge in [-0.1, -0.05) is 26.2 Å². The monoisotopic (exact) mass is 420 g/mol. The molecule has 30 heavy (non-hydrogen) atoms. The number of carbonyl (C=O) groups excluding carboxylic acids is 2. The molecule has 7 heteroatoms. The van der Waals surface area contributed by atoms with Gasteiger partial charge in [-0.2, -0.15) is 0 Å². The van der Waals surface area contributed by atoms with E-state index in [-0.39, 0.29) is 17.7 Å². The molecule has 2 atom stereocenters. The van der Waals surface area contributed by atoms with E-state index in [2.05, 4.69) is 22.0 Å². The van der Waals surface area contributed by atoms with Crippen molar-refractivity contribution in [2.75, 3.05) is 32.8 Å². The lowest BCUT2D eigenvalue weighted by Crippen LogP contribution is -2.60. The van der Waals surface area contributed by atoms with Crippen LogP contribution in [0.1, 0.15) is 78.1 Å². The predicted molar refractivity (Wildman–Crippen MR) is 116 cm³/mol. The molecular weight excluding hydrogens is 380 g/mol. The van der Waals surface area contributed by atoms with Gasteiger partial charge in [0.05, 0.1) is 18.7 Å². The number of amides is 3. The second-order valence-electron chi connectivity index (χ2n) is 9.69. The quantitative estimate of drug-likeness (QED) is 0.738. The lowest BCUT2D eigenvalue weighted by Gasteiger charge is -2.52. The van der Waals surface area contributed by atoms with Crippen LogP contribution >= 0.6 is 0 Å². The zero-order valence-corrected chi connectivity index (χ0v) is 18.9. The van der Waals surface area contributed by atoms with Crippen molar-refractivity contribution in [2.45, 2.75) is 102 Å². The van der Waals surface area contributed by atoms with Crippen molar-refractivity contribution in [3.63, 3.8) is 0 Å². The van der Waals surface area contributed by atoms with E-state index in [1.807, 2.05) is 11.8 Å². The summed E-state index contributed by atoms with van der Waals surface area (Å²) in [6.07, 6.45) is 11.2. The standard InChI is InChI=1S/C23H40N4O3/c1-3-11-23(12-16-25(17-13-23)22(29)30-4-2)26-14-9-18(10-15-26)27-20-8-6-5-7-19(20)24-21(27)28/h18-20H,3-17H2,1-2H3,(H,24,28)/t19-,20-/m0/s1. The molecular formula is C23H40N4O3. The Hall–Kier alpha value is -1.50. The molecule has 170 valence electrons. The van der Waals surface area contributed by atoms with Gasteiger partial charge in [-0.05, 0) is 51.9 Å². The van der Waals surface area contributed by atoms with Crippen LogP contribution in [0.2, 0.25) is 0 Å². The zero-order valence-electron chi connectivity index (χ0n) is 18.9. The Balaban J connectivity index is 1.36. The number of fused-ring (bicyclic) bond motifs is 1. The van der Waals surface area contributed by atoms with Crippen LogP contribution < -0.4 is 5.32 Å². The maximum atomic E-state index is 12.7. The molecule has 3 heterocycles. The van der Waals surface area contributed by atoms with Crippen molar-refractivity contribution < 1.29 is 14.3 Å². The highest BCUT2D eigenvalue weighted by atomic mass is 16.6. The first kappa shape index (κ1) is 21.7. The second-order valence-corrected chi connectivity index (χ2v) is 9.69. The van der Waals surface area contributed by atoms with Crippen LogP contribution in [-0.2, 0) is 4.74 Å². The van der Waals surface area contributed by atoms with Crippen molar-refractivity contribution in [2.24, 2.45) is 0 Å². The molecule has 3 aliphatic heterocycles. The fourth-order valence-electron chi connectivity index (χ4n) is 6.56. The average Bonchev–Trinajstić information content (AvgIpc) is 3.10. The molecule has 0 aromatic rings. The molecule has 7 nitrogen and oxygen atoms in total. The van der Waals surface area contributed by atoms with Gasteiger partial charge in [0.15, 0.2) is 0 Å². The zero-order chi connectivity index (χ0) is 21.1. The van der Waals surface area contributed by atoms with Gasteiger partial charge in [0.1, 0.15) is 0 Å². The molecule has 1 saturated carbocycles. The molecule has 4 rings (SSSR count). The summed E-state index contributed by atoms with van der Waals surface area (Å²) in [5.41, 5.74) is 0.198. The minimum Gasteiger partial charge on any atom is -0.450 e. The van der Waals surface area contributed by atoms with Crippen molar-refractivity contribution >= 4 is 12.1 Å².